The number of benzene rings is 1. The van der Waals surface area contributed by atoms with E-state index in [4.69, 9.17) is 9.47 Å². The van der Waals surface area contributed by atoms with E-state index >= 15 is 0 Å². The number of amides is 1. The zero-order valence-electron chi connectivity index (χ0n) is 19.4. The summed E-state index contributed by atoms with van der Waals surface area (Å²) in [5.74, 6) is 0.303. The fraction of sp³-hybridized carbons (Fsp3) is 0.625. The van der Waals surface area contributed by atoms with Crippen LogP contribution in [0.3, 0.4) is 0 Å². The third-order valence-corrected chi connectivity index (χ3v) is 5.96. The number of hydrogen-bond acceptors (Lipinski definition) is 6. The first-order valence-electron chi connectivity index (χ1n) is 11.5. The van der Waals surface area contributed by atoms with Crippen molar-refractivity contribution in [2.45, 2.75) is 63.5 Å². The topological polar surface area (TPSA) is 85.2 Å². The molecule has 1 saturated carbocycles. The Balaban J connectivity index is 1.59. The van der Waals surface area contributed by atoms with Gasteiger partial charge in [-0.2, -0.15) is 0 Å². The molecule has 0 aromatic heterocycles. The van der Waals surface area contributed by atoms with Gasteiger partial charge < -0.3 is 19.3 Å². The third kappa shape index (κ3) is 8.96. The molecule has 0 bridgehead atoms. The van der Waals surface area contributed by atoms with Crippen molar-refractivity contribution in [3.05, 3.63) is 47.0 Å². The number of ether oxygens (including phenoxy) is 2. The summed E-state index contributed by atoms with van der Waals surface area (Å²) in [6, 6.07) is 5.65. The maximum Gasteiger partial charge on any atom is 0.415 e. The van der Waals surface area contributed by atoms with Crippen LogP contribution in [0.1, 0.15) is 51.4 Å². The second-order valence-corrected chi connectivity index (χ2v) is 8.50. The maximum atomic E-state index is 12.4. The smallest absolute Gasteiger partial charge is 0.410 e. The molecule has 1 aliphatic rings. The Labute approximate surface area is 191 Å². The number of carbonyl (C=O) groups excluding carboxylic acids is 1. The summed E-state index contributed by atoms with van der Waals surface area (Å²) in [7, 11) is 3.86. The number of likely N-dealkylation sites (N-methyl/N-ethyl adjacent to an activating group) is 1. The second-order valence-electron chi connectivity index (χ2n) is 8.50. The number of carbonyl (C=O) groups is 1. The van der Waals surface area contributed by atoms with Gasteiger partial charge >= 0.3 is 6.09 Å². The van der Waals surface area contributed by atoms with Gasteiger partial charge in [-0.3, -0.25) is 10.1 Å². The Hall–Kier alpha value is -2.45. The number of nitrogens with zero attached hydrogens (tertiary/aromatic N) is 3. The molecule has 0 spiro atoms. The Kier molecular flexibility index (Phi) is 11.2. The maximum absolute atomic E-state index is 12.4. The molecule has 1 amide bonds. The first kappa shape index (κ1) is 25.8. The molecule has 8 heteroatoms. The van der Waals surface area contributed by atoms with Crippen LogP contribution in [0.5, 0.6) is 5.75 Å². The minimum absolute atomic E-state index is 0.0346. The highest BCUT2D eigenvalue weighted by Gasteiger charge is 2.28. The second kappa shape index (κ2) is 13.9. The molecule has 2 rings (SSSR count). The van der Waals surface area contributed by atoms with Gasteiger partial charge in [0.05, 0.1) is 11.0 Å². The SMILES string of the molecule is C=CCN(C)CCCCCCO[C@H]1CC[C@H](N(C)C(=O)Oc2ccc([N+](=O)[O-])cc2)CC1. The zero-order valence-corrected chi connectivity index (χ0v) is 19.4. The molecule has 0 heterocycles. The van der Waals surface area contributed by atoms with Crippen molar-refractivity contribution in [1.82, 2.24) is 9.80 Å². The van der Waals surface area contributed by atoms with Crippen molar-refractivity contribution in [3.8, 4) is 5.75 Å². The Morgan fingerprint density at radius 1 is 1.12 bits per heavy atom. The van der Waals surface area contributed by atoms with Gasteiger partial charge in [0.25, 0.3) is 5.69 Å². The van der Waals surface area contributed by atoms with Crippen LogP contribution in [0.15, 0.2) is 36.9 Å². The quantitative estimate of drug-likeness (QED) is 0.182. The van der Waals surface area contributed by atoms with Gasteiger partial charge in [-0.1, -0.05) is 18.9 Å². The summed E-state index contributed by atoms with van der Waals surface area (Å²) in [5.41, 5.74) is -0.0346. The molecule has 0 atom stereocenters. The van der Waals surface area contributed by atoms with Crippen molar-refractivity contribution < 1.29 is 19.2 Å². The van der Waals surface area contributed by atoms with Crippen LogP contribution in [0.2, 0.25) is 0 Å². The van der Waals surface area contributed by atoms with E-state index in [1.807, 2.05) is 6.08 Å². The van der Waals surface area contributed by atoms with E-state index in [2.05, 4.69) is 18.5 Å². The number of nitro groups is 1. The predicted molar refractivity (Wildman–Crippen MR) is 125 cm³/mol. The highest BCUT2D eigenvalue weighted by atomic mass is 16.6. The van der Waals surface area contributed by atoms with E-state index in [9.17, 15) is 14.9 Å². The summed E-state index contributed by atoms with van der Waals surface area (Å²) in [5, 5.41) is 10.7. The molecule has 0 unspecified atom stereocenters. The number of hydrogen-bond donors (Lipinski definition) is 0. The molecule has 0 aliphatic heterocycles. The van der Waals surface area contributed by atoms with Crippen LogP contribution in [-0.4, -0.2) is 66.8 Å². The van der Waals surface area contributed by atoms with Crippen molar-refractivity contribution in [2.75, 3.05) is 33.8 Å². The monoisotopic (exact) mass is 447 g/mol. The fourth-order valence-corrected chi connectivity index (χ4v) is 3.96. The van der Waals surface area contributed by atoms with E-state index in [1.165, 1.54) is 43.5 Å². The molecular weight excluding hydrogens is 410 g/mol. The lowest BCUT2D eigenvalue weighted by atomic mass is 9.92. The number of non-ortho nitro benzene ring substituents is 1. The Morgan fingerprint density at radius 3 is 2.41 bits per heavy atom. The average molecular weight is 448 g/mol. The summed E-state index contributed by atoms with van der Waals surface area (Å²) >= 11 is 0. The molecule has 178 valence electrons. The molecule has 8 nitrogen and oxygen atoms in total. The first-order valence-corrected chi connectivity index (χ1v) is 11.5. The molecule has 1 aromatic rings. The zero-order chi connectivity index (χ0) is 23.3. The number of rotatable bonds is 13. The third-order valence-electron chi connectivity index (χ3n) is 5.96. The van der Waals surface area contributed by atoms with Gasteiger partial charge in [0.1, 0.15) is 5.75 Å². The van der Waals surface area contributed by atoms with Crippen LogP contribution in [0, 0.1) is 10.1 Å². The van der Waals surface area contributed by atoms with Gasteiger partial charge in [0.15, 0.2) is 0 Å². The summed E-state index contributed by atoms with van der Waals surface area (Å²) in [4.78, 5) is 26.6. The van der Waals surface area contributed by atoms with E-state index in [-0.39, 0.29) is 17.8 Å². The van der Waals surface area contributed by atoms with Crippen LogP contribution in [0.4, 0.5) is 10.5 Å². The van der Waals surface area contributed by atoms with Crippen LogP contribution in [-0.2, 0) is 4.74 Å². The predicted octanol–water partition coefficient (Wildman–Crippen LogP) is 5.03. The normalized spacial score (nSPS) is 18.3. The van der Waals surface area contributed by atoms with E-state index in [1.54, 1.807) is 11.9 Å². The van der Waals surface area contributed by atoms with Crippen molar-refractivity contribution in [1.29, 1.82) is 0 Å². The largest absolute Gasteiger partial charge is 0.415 e. The minimum Gasteiger partial charge on any atom is -0.410 e. The highest BCUT2D eigenvalue weighted by Crippen LogP contribution is 2.26. The molecule has 32 heavy (non-hydrogen) atoms. The van der Waals surface area contributed by atoms with Crippen LogP contribution >= 0.6 is 0 Å². The van der Waals surface area contributed by atoms with Gasteiger partial charge in [-0.25, -0.2) is 4.79 Å². The summed E-state index contributed by atoms with van der Waals surface area (Å²) in [6.45, 7) is 6.61. The molecule has 0 radical (unpaired) electrons. The number of nitro benzene ring substituents is 1. The van der Waals surface area contributed by atoms with Crippen molar-refractivity contribution >= 4 is 11.8 Å². The Bertz CT molecular complexity index is 717. The first-order chi connectivity index (χ1) is 15.4. The molecule has 1 aliphatic carbocycles. The lowest BCUT2D eigenvalue weighted by Crippen LogP contribution is -2.42. The van der Waals surface area contributed by atoms with E-state index in [0.717, 1.165) is 51.8 Å². The summed E-state index contributed by atoms with van der Waals surface area (Å²) in [6.07, 6.45) is 10.1. The minimum atomic E-state index is -0.483. The average Bonchev–Trinajstić information content (AvgIpc) is 2.79. The molecule has 1 fully saturated rings. The lowest BCUT2D eigenvalue weighted by molar-refractivity contribution is -0.384. The lowest BCUT2D eigenvalue weighted by Gasteiger charge is -2.34. The molecule has 1 aromatic carbocycles. The van der Waals surface area contributed by atoms with E-state index < -0.39 is 11.0 Å². The Morgan fingerprint density at radius 2 is 1.78 bits per heavy atom. The highest BCUT2D eigenvalue weighted by molar-refractivity contribution is 5.70. The van der Waals surface area contributed by atoms with Crippen LogP contribution in [0.25, 0.3) is 0 Å². The van der Waals surface area contributed by atoms with Crippen molar-refractivity contribution in [3.63, 3.8) is 0 Å². The van der Waals surface area contributed by atoms with Gasteiger partial charge in [0.2, 0.25) is 0 Å². The fourth-order valence-electron chi connectivity index (χ4n) is 3.96. The van der Waals surface area contributed by atoms with Crippen LogP contribution < -0.4 is 4.74 Å². The van der Waals surface area contributed by atoms with Gasteiger partial charge in [0, 0.05) is 38.4 Å². The van der Waals surface area contributed by atoms with E-state index in [0.29, 0.717) is 5.75 Å². The molecular formula is C24H37N3O5. The standard InChI is InChI=1S/C24H37N3O5/c1-4-17-25(2)18-7-5-6-8-19-31-22-13-9-20(10-14-22)26(3)24(28)32-23-15-11-21(12-16-23)27(29)30/h4,11-12,15-16,20,22H,1,5-10,13-14,17-19H2,2-3H3/t20-,22-. The van der Waals surface area contributed by atoms with Gasteiger partial charge in [-0.05, 0) is 64.3 Å². The molecule has 0 N–H and O–H groups in total. The number of unbranched alkanes of at least 4 members (excludes halogenated alkanes) is 3. The van der Waals surface area contributed by atoms with Gasteiger partial charge in [-0.15, -0.1) is 6.58 Å². The summed E-state index contributed by atoms with van der Waals surface area (Å²) < 4.78 is 11.4. The molecule has 0 saturated heterocycles. The van der Waals surface area contributed by atoms with Crippen molar-refractivity contribution in [2.24, 2.45) is 0 Å².